The third kappa shape index (κ3) is 10.7. The minimum atomic E-state index is 0.257. The summed E-state index contributed by atoms with van der Waals surface area (Å²) < 4.78 is 26.9. The molecule has 0 atom stereocenters. The lowest BCUT2D eigenvalue weighted by molar-refractivity contribution is -0.203. The summed E-state index contributed by atoms with van der Waals surface area (Å²) in [5, 5.41) is 5.62. The molecule has 8 nitrogen and oxygen atoms in total. The number of hydrogen-bond acceptors (Lipinski definition) is 8. The Hall–Kier alpha value is -3.62. The van der Waals surface area contributed by atoms with E-state index in [1.807, 2.05) is 0 Å². The standard InChI is InChI=1S/C44H64O8/c1-7-11-15-21-29-47-36-28-27-35-33-25-19-20-26-34(33)38-39(37(35)40(36)48-30-22-16-12-8-2)42(50-32-24-18-14-10-4)44(52-46-6)43(51-45-5)41(38)49-31-23-17-13-9-3/h19-20,25-28H,7-18,21-24,29-32H2,1-6H3. The Morgan fingerprint density at radius 2 is 0.769 bits per heavy atom. The fourth-order valence-corrected chi connectivity index (χ4v) is 6.80. The fraction of sp³-hybridized carbons (Fsp3) is 0.591. The van der Waals surface area contributed by atoms with Crippen molar-refractivity contribution >= 4 is 32.3 Å². The molecular weight excluding hydrogens is 656 g/mol. The summed E-state index contributed by atoms with van der Waals surface area (Å²) in [4.78, 5) is 22.6. The molecule has 0 radical (unpaired) electrons. The van der Waals surface area contributed by atoms with Crippen molar-refractivity contribution in [1.82, 2.24) is 0 Å². The van der Waals surface area contributed by atoms with Gasteiger partial charge in [0.1, 0.15) is 0 Å². The molecule has 0 N–H and O–H groups in total. The van der Waals surface area contributed by atoms with Crippen LogP contribution >= 0.6 is 0 Å². The molecule has 0 aromatic heterocycles. The highest BCUT2D eigenvalue weighted by molar-refractivity contribution is 6.31. The van der Waals surface area contributed by atoms with Crippen LogP contribution in [0, 0.1) is 0 Å². The van der Waals surface area contributed by atoms with Crippen molar-refractivity contribution in [1.29, 1.82) is 0 Å². The van der Waals surface area contributed by atoms with Crippen LogP contribution in [0.4, 0.5) is 0 Å². The molecule has 0 saturated carbocycles. The SMILES string of the molecule is CCCCCCOc1ccc2c3ccccc3c3c(OCCCCCC)c(OOC)c(OOC)c(OCCCCCC)c3c2c1OCCCCCC. The summed E-state index contributed by atoms with van der Waals surface area (Å²) >= 11 is 0. The van der Waals surface area contributed by atoms with Gasteiger partial charge < -0.3 is 28.7 Å². The third-order valence-electron chi connectivity index (χ3n) is 9.50. The van der Waals surface area contributed by atoms with Gasteiger partial charge in [-0.05, 0) is 54.0 Å². The number of benzene rings is 4. The molecule has 288 valence electrons. The highest BCUT2D eigenvalue weighted by atomic mass is 17.2. The zero-order chi connectivity index (χ0) is 37.0. The topological polar surface area (TPSA) is 73.8 Å². The van der Waals surface area contributed by atoms with E-state index in [4.69, 9.17) is 38.5 Å². The monoisotopic (exact) mass is 720 g/mol. The molecule has 4 rings (SSSR count). The van der Waals surface area contributed by atoms with Gasteiger partial charge in [-0.1, -0.05) is 129 Å². The fourth-order valence-electron chi connectivity index (χ4n) is 6.80. The first-order valence-corrected chi connectivity index (χ1v) is 20.1. The summed E-state index contributed by atoms with van der Waals surface area (Å²) in [5.41, 5.74) is 0. The van der Waals surface area contributed by atoms with E-state index < -0.39 is 0 Å². The first-order valence-electron chi connectivity index (χ1n) is 20.1. The molecule has 4 aromatic rings. The number of fused-ring (bicyclic) bond motifs is 6. The lowest BCUT2D eigenvalue weighted by Gasteiger charge is -2.24. The first kappa shape index (κ1) is 41.1. The normalized spacial score (nSPS) is 11.4. The average Bonchev–Trinajstić information content (AvgIpc) is 3.16. The molecule has 0 fully saturated rings. The maximum atomic E-state index is 6.84. The quantitative estimate of drug-likeness (QED) is 0.0248. The van der Waals surface area contributed by atoms with E-state index in [1.54, 1.807) is 0 Å². The van der Waals surface area contributed by atoms with Crippen molar-refractivity contribution in [3.63, 3.8) is 0 Å². The van der Waals surface area contributed by atoms with Gasteiger partial charge in [-0.25, -0.2) is 0 Å². The second-order valence-electron chi connectivity index (χ2n) is 13.6. The van der Waals surface area contributed by atoms with Crippen LogP contribution in [0.5, 0.6) is 34.5 Å². The number of rotatable bonds is 28. The Balaban J connectivity index is 2.10. The van der Waals surface area contributed by atoms with Crippen molar-refractivity contribution < 1.29 is 38.5 Å². The largest absolute Gasteiger partial charge is 0.490 e. The molecule has 0 heterocycles. The number of unbranched alkanes of at least 4 members (excludes halogenated alkanes) is 12. The van der Waals surface area contributed by atoms with E-state index >= 15 is 0 Å². The molecular formula is C44H64O8. The van der Waals surface area contributed by atoms with Crippen LogP contribution in [-0.4, -0.2) is 40.6 Å². The summed E-state index contributed by atoms with van der Waals surface area (Å²) in [7, 11) is 2.95. The van der Waals surface area contributed by atoms with Gasteiger partial charge in [0.05, 0.1) is 40.6 Å². The zero-order valence-corrected chi connectivity index (χ0v) is 32.9. The van der Waals surface area contributed by atoms with Gasteiger partial charge >= 0.3 is 0 Å². The van der Waals surface area contributed by atoms with Gasteiger partial charge in [0.25, 0.3) is 11.5 Å². The highest BCUT2D eigenvalue weighted by Crippen LogP contribution is 2.57. The van der Waals surface area contributed by atoms with Gasteiger partial charge in [-0.3, -0.25) is 0 Å². The second-order valence-corrected chi connectivity index (χ2v) is 13.6. The molecule has 0 bridgehead atoms. The minimum absolute atomic E-state index is 0.257. The summed E-state index contributed by atoms with van der Waals surface area (Å²) in [5.74, 6) is 2.95. The van der Waals surface area contributed by atoms with Gasteiger partial charge in [-0.2, -0.15) is 9.78 Å². The highest BCUT2D eigenvalue weighted by Gasteiger charge is 2.32. The Kier molecular flexibility index (Phi) is 18.3. The predicted octanol–water partition coefficient (Wildman–Crippen LogP) is 12.9. The molecule has 0 aliphatic carbocycles. The van der Waals surface area contributed by atoms with E-state index in [0.717, 1.165) is 122 Å². The second kappa shape index (κ2) is 23.1. The smallest absolute Gasteiger partial charge is 0.257 e. The van der Waals surface area contributed by atoms with Crippen molar-refractivity contribution in [3.8, 4) is 34.5 Å². The lowest BCUT2D eigenvalue weighted by atomic mass is 9.91. The van der Waals surface area contributed by atoms with Crippen LogP contribution < -0.4 is 28.7 Å². The number of ether oxygens (including phenoxy) is 4. The maximum absolute atomic E-state index is 6.84. The van der Waals surface area contributed by atoms with Crippen LogP contribution in [-0.2, 0) is 9.78 Å². The third-order valence-corrected chi connectivity index (χ3v) is 9.50. The van der Waals surface area contributed by atoms with Gasteiger partial charge in [0.2, 0.25) is 0 Å². The van der Waals surface area contributed by atoms with Crippen LogP contribution in [0.15, 0.2) is 36.4 Å². The molecule has 0 aliphatic heterocycles. The lowest BCUT2D eigenvalue weighted by Crippen LogP contribution is -2.09. The van der Waals surface area contributed by atoms with Crippen LogP contribution in [0.25, 0.3) is 32.3 Å². The zero-order valence-electron chi connectivity index (χ0n) is 32.9. The average molecular weight is 721 g/mol. The summed E-state index contributed by atoms with van der Waals surface area (Å²) in [6.07, 6.45) is 17.3. The van der Waals surface area contributed by atoms with Gasteiger partial charge in [0, 0.05) is 16.2 Å². The number of hydrogen-bond donors (Lipinski definition) is 0. The maximum Gasteiger partial charge on any atom is 0.257 e. The molecule has 52 heavy (non-hydrogen) atoms. The Morgan fingerprint density at radius 1 is 0.365 bits per heavy atom. The Bertz CT molecular complexity index is 1630. The summed E-state index contributed by atoms with van der Waals surface area (Å²) in [6, 6.07) is 12.6. The Morgan fingerprint density at radius 3 is 1.25 bits per heavy atom. The van der Waals surface area contributed by atoms with Crippen LogP contribution in [0.1, 0.15) is 130 Å². The Labute approximate surface area is 312 Å². The molecule has 4 aromatic carbocycles. The van der Waals surface area contributed by atoms with Gasteiger partial charge in [0.15, 0.2) is 23.0 Å². The molecule has 0 unspecified atom stereocenters. The molecule has 0 amide bonds. The van der Waals surface area contributed by atoms with Gasteiger partial charge in [-0.15, -0.1) is 0 Å². The first-order chi connectivity index (χ1) is 25.7. The minimum Gasteiger partial charge on any atom is -0.490 e. The van der Waals surface area contributed by atoms with Crippen molar-refractivity contribution in [2.45, 2.75) is 130 Å². The molecule has 0 aliphatic rings. The van der Waals surface area contributed by atoms with E-state index in [0.29, 0.717) is 43.7 Å². The van der Waals surface area contributed by atoms with Crippen LogP contribution in [0.2, 0.25) is 0 Å². The van der Waals surface area contributed by atoms with Crippen LogP contribution in [0.3, 0.4) is 0 Å². The van der Waals surface area contributed by atoms with E-state index in [9.17, 15) is 0 Å². The van der Waals surface area contributed by atoms with E-state index in [2.05, 4.69) is 64.1 Å². The van der Waals surface area contributed by atoms with Crippen molar-refractivity contribution in [2.75, 3.05) is 40.6 Å². The molecule has 0 spiro atoms. The summed E-state index contributed by atoms with van der Waals surface area (Å²) in [6.45, 7) is 11.0. The predicted molar refractivity (Wildman–Crippen MR) is 213 cm³/mol. The molecule has 0 saturated heterocycles. The van der Waals surface area contributed by atoms with Crippen molar-refractivity contribution in [2.24, 2.45) is 0 Å². The van der Waals surface area contributed by atoms with Crippen molar-refractivity contribution in [3.05, 3.63) is 36.4 Å². The van der Waals surface area contributed by atoms with E-state index in [1.165, 1.54) is 33.5 Å². The van der Waals surface area contributed by atoms with E-state index in [-0.39, 0.29) is 11.5 Å². The molecule has 8 heteroatoms.